The third-order valence-electron chi connectivity index (χ3n) is 3.89. The molecule has 0 atom stereocenters. The highest BCUT2D eigenvalue weighted by Crippen LogP contribution is 2.17. The second-order valence-electron chi connectivity index (χ2n) is 5.76. The van der Waals surface area contributed by atoms with Crippen LogP contribution < -0.4 is 5.32 Å². The van der Waals surface area contributed by atoms with Crippen LogP contribution in [0.2, 0.25) is 0 Å². The van der Waals surface area contributed by atoms with E-state index in [0.29, 0.717) is 13.0 Å². The molecule has 0 radical (unpaired) electrons. The Morgan fingerprint density at radius 3 is 2.73 bits per heavy atom. The van der Waals surface area contributed by atoms with E-state index in [0.717, 1.165) is 30.7 Å². The zero-order valence-corrected chi connectivity index (χ0v) is 13.8. The molecule has 0 saturated heterocycles. The van der Waals surface area contributed by atoms with Gasteiger partial charge in [0.25, 0.3) is 0 Å². The lowest BCUT2D eigenvalue weighted by Crippen LogP contribution is -2.24. The Morgan fingerprint density at radius 1 is 1.14 bits per heavy atom. The lowest BCUT2D eigenvalue weighted by molar-refractivity contribution is -0.121. The van der Waals surface area contributed by atoms with Gasteiger partial charge in [-0.3, -0.25) is 4.79 Å². The number of nitrogens with one attached hydrogen (secondary N) is 1. The standard InChI is InChI=1S/C18H27N3O/c1-3-5-6-9-13-21-16-12-8-7-11-15(16)20-17(21)14-19-18(22)10-4-2/h7-8,11-12H,3-6,9-10,13-14H2,1-2H3,(H,19,22). The number of carbonyl (C=O) groups is 1. The van der Waals surface area contributed by atoms with Crippen LogP contribution in [0.25, 0.3) is 11.0 Å². The molecule has 0 saturated carbocycles. The molecule has 120 valence electrons. The maximum atomic E-state index is 11.7. The highest BCUT2D eigenvalue weighted by molar-refractivity contribution is 5.77. The van der Waals surface area contributed by atoms with Crippen molar-refractivity contribution in [1.29, 1.82) is 0 Å². The molecule has 2 rings (SSSR count). The fraction of sp³-hybridized carbons (Fsp3) is 0.556. The molecule has 0 aliphatic heterocycles. The van der Waals surface area contributed by atoms with Crippen LogP contribution in [0, 0.1) is 0 Å². The summed E-state index contributed by atoms with van der Waals surface area (Å²) in [4.78, 5) is 16.4. The van der Waals surface area contributed by atoms with E-state index in [1.807, 2.05) is 25.1 Å². The Hall–Kier alpha value is -1.84. The number of hydrogen-bond acceptors (Lipinski definition) is 2. The van der Waals surface area contributed by atoms with E-state index in [4.69, 9.17) is 4.98 Å². The molecule has 4 heteroatoms. The molecule has 1 amide bonds. The number of amides is 1. The molecule has 0 aliphatic rings. The van der Waals surface area contributed by atoms with E-state index in [2.05, 4.69) is 22.9 Å². The van der Waals surface area contributed by atoms with Gasteiger partial charge in [0.15, 0.2) is 0 Å². The zero-order chi connectivity index (χ0) is 15.8. The fourth-order valence-electron chi connectivity index (χ4n) is 2.70. The quantitative estimate of drug-likeness (QED) is 0.711. The summed E-state index contributed by atoms with van der Waals surface area (Å²) < 4.78 is 2.26. The number of benzene rings is 1. The van der Waals surface area contributed by atoms with Crippen molar-refractivity contribution in [3.05, 3.63) is 30.1 Å². The Bertz CT molecular complexity index is 603. The van der Waals surface area contributed by atoms with Crippen LogP contribution in [0.15, 0.2) is 24.3 Å². The molecule has 0 aliphatic carbocycles. The second kappa shape index (κ2) is 8.57. The highest BCUT2D eigenvalue weighted by atomic mass is 16.1. The van der Waals surface area contributed by atoms with Crippen molar-refractivity contribution >= 4 is 16.9 Å². The summed E-state index contributed by atoms with van der Waals surface area (Å²) in [6.07, 6.45) is 6.37. The molecule has 22 heavy (non-hydrogen) atoms. The molecule has 0 unspecified atom stereocenters. The van der Waals surface area contributed by atoms with Crippen LogP contribution in [0.4, 0.5) is 0 Å². The van der Waals surface area contributed by atoms with Crippen LogP contribution in [-0.2, 0) is 17.9 Å². The van der Waals surface area contributed by atoms with Crippen molar-refractivity contribution in [2.45, 2.75) is 65.5 Å². The van der Waals surface area contributed by atoms with Gasteiger partial charge in [-0.25, -0.2) is 4.98 Å². The van der Waals surface area contributed by atoms with Crippen molar-refractivity contribution < 1.29 is 4.79 Å². The number of carbonyl (C=O) groups excluding carboxylic acids is 1. The van der Waals surface area contributed by atoms with Gasteiger partial charge in [-0.05, 0) is 25.0 Å². The number of unbranched alkanes of at least 4 members (excludes halogenated alkanes) is 3. The van der Waals surface area contributed by atoms with Crippen LogP contribution in [0.1, 0.15) is 58.2 Å². The predicted molar refractivity (Wildman–Crippen MR) is 90.6 cm³/mol. The van der Waals surface area contributed by atoms with Gasteiger partial charge in [-0.15, -0.1) is 0 Å². The number of rotatable bonds is 9. The van der Waals surface area contributed by atoms with Gasteiger partial charge in [0.05, 0.1) is 17.6 Å². The van der Waals surface area contributed by atoms with Crippen LogP contribution in [-0.4, -0.2) is 15.5 Å². The third kappa shape index (κ3) is 4.33. The monoisotopic (exact) mass is 301 g/mol. The average molecular weight is 301 g/mol. The number of aromatic nitrogens is 2. The Kier molecular flexibility index (Phi) is 6.44. The molecule has 0 spiro atoms. The van der Waals surface area contributed by atoms with Crippen molar-refractivity contribution in [1.82, 2.24) is 14.9 Å². The number of para-hydroxylation sites is 2. The minimum absolute atomic E-state index is 0.104. The maximum Gasteiger partial charge on any atom is 0.220 e. The molecule has 1 aromatic carbocycles. The molecule has 0 bridgehead atoms. The maximum absolute atomic E-state index is 11.7. The van der Waals surface area contributed by atoms with Crippen molar-refractivity contribution in [3.63, 3.8) is 0 Å². The van der Waals surface area contributed by atoms with Crippen molar-refractivity contribution in [2.24, 2.45) is 0 Å². The molecule has 0 fully saturated rings. The summed E-state index contributed by atoms with van der Waals surface area (Å²) in [6, 6.07) is 8.21. The van der Waals surface area contributed by atoms with E-state index in [-0.39, 0.29) is 5.91 Å². The summed E-state index contributed by atoms with van der Waals surface area (Å²) in [6.45, 7) is 5.73. The SMILES string of the molecule is CCCCCCn1c(CNC(=O)CCC)nc2ccccc21. The second-order valence-corrected chi connectivity index (χ2v) is 5.76. The number of aryl methyl sites for hydroxylation is 1. The summed E-state index contributed by atoms with van der Waals surface area (Å²) in [5, 5.41) is 2.98. The zero-order valence-electron chi connectivity index (χ0n) is 13.8. The summed E-state index contributed by atoms with van der Waals surface area (Å²) in [7, 11) is 0. The Morgan fingerprint density at radius 2 is 1.95 bits per heavy atom. The van der Waals surface area contributed by atoms with Gasteiger partial charge in [-0.2, -0.15) is 0 Å². The minimum Gasteiger partial charge on any atom is -0.349 e. The lowest BCUT2D eigenvalue weighted by atomic mass is 10.2. The van der Waals surface area contributed by atoms with E-state index in [1.54, 1.807) is 0 Å². The summed E-state index contributed by atoms with van der Waals surface area (Å²) in [5.41, 5.74) is 2.18. The van der Waals surface area contributed by atoms with Gasteiger partial charge in [0.1, 0.15) is 5.82 Å². The first-order chi connectivity index (χ1) is 10.8. The molecule has 2 aromatic rings. The largest absolute Gasteiger partial charge is 0.349 e. The van der Waals surface area contributed by atoms with Crippen molar-refractivity contribution in [3.8, 4) is 0 Å². The summed E-state index contributed by atoms with van der Waals surface area (Å²) >= 11 is 0. The normalized spacial score (nSPS) is 11.0. The van der Waals surface area contributed by atoms with Gasteiger partial charge < -0.3 is 9.88 Å². The third-order valence-corrected chi connectivity index (χ3v) is 3.89. The van der Waals surface area contributed by atoms with E-state index in [9.17, 15) is 4.79 Å². The number of fused-ring (bicyclic) bond motifs is 1. The van der Waals surface area contributed by atoms with E-state index in [1.165, 1.54) is 24.8 Å². The predicted octanol–water partition coefficient (Wildman–Crippen LogP) is 4.03. The van der Waals surface area contributed by atoms with Gasteiger partial charge in [-0.1, -0.05) is 45.2 Å². The topological polar surface area (TPSA) is 46.9 Å². The fourth-order valence-corrected chi connectivity index (χ4v) is 2.70. The molecule has 4 nitrogen and oxygen atoms in total. The van der Waals surface area contributed by atoms with Gasteiger partial charge >= 0.3 is 0 Å². The Balaban J connectivity index is 2.11. The lowest BCUT2D eigenvalue weighted by Gasteiger charge is -2.10. The first-order valence-corrected chi connectivity index (χ1v) is 8.47. The minimum atomic E-state index is 0.104. The van der Waals surface area contributed by atoms with Gasteiger partial charge in [0.2, 0.25) is 5.91 Å². The van der Waals surface area contributed by atoms with E-state index < -0.39 is 0 Å². The average Bonchev–Trinajstić information content (AvgIpc) is 2.88. The molecule has 1 heterocycles. The number of hydrogen-bond donors (Lipinski definition) is 1. The molecular formula is C18H27N3O. The smallest absolute Gasteiger partial charge is 0.220 e. The first-order valence-electron chi connectivity index (χ1n) is 8.47. The van der Waals surface area contributed by atoms with Crippen LogP contribution in [0.5, 0.6) is 0 Å². The van der Waals surface area contributed by atoms with E-state index >= 15 is 0 Å². The molecule has 1 aromatic heterocycles. The molecule has 1 N–H and O–H groups in total. The van der Waals surface area contributed by atoms with Gasteiger partial charge in [0, 0.05) is 13.0 Å². The summed E-state index contributed by atoms with van der Waals surface area (Å²) in [5.74, 6) is 1.06. The van der Waals surface area contributed by atoms with Crippen molar-refractivity contribution in [2.75, 3.05) is 0 Å². The highest BCUT2D eigenvalue weighted by Gasteiger charge is 2.11. The Labute approximate surface area is 132 Å². The van der Waals surface area contributed by atoms with Crippen LogP contribution >= 0.6 is 0 Å². The van der Waals surface area contributed by atoms with Crippen LogP contribution in [0.3, 0.4) is 0 Å². The first kappa shape index (κ1) is 16.5. The number of nitrogens with zero attached hydrogens (tertiary/aromatic N) is 2. The molecular weight excluding hydrogens is 274 g/mol. The number of imidazole rings is 1.